The van der Waals surface area contributed by atoms with Crippen molar-refractivity contribution in [3.63, 3.8) is 0 Å². The Kier molecular flexibility index (Phi) is 7.53. The first-order valence-electron chi connectivity index (χ1n) is 7.54. The topological polar surface area (TPSA) is 30.5 Å². The van der Waals surface area contributed by atoms with Gasteiger partial charge in [-0.3, -0.25) is 0 Å². The Balaban J connectivity index is 2.70. The van der Waals surface area contributed by atoms with Gasteiger partial charge in [-0.25, -0.2) is 0 Å². The summed E-state index contributed by atoms with van der Waals surface area (Å²) in [4.78, 5) is 0. The molecule has 1 aromatic carbocycles. The predicted octanol–water partition coefficient (Wildman–Crippen LogP) is 4.42. The summed E-state index contributed by atoms with van der Waals surface area (Å²) < 4.78 is 11.8. The molecule has 0 aromatic heterocycles. The number of ether oxygens (including phenoxy) is 2. The number of nitrogens with one attached hydrogen (secondary N) is 1. The van der Waals surface area contributed by atoms with Crippen molar-refractivity contribution >= 4 is 15.9 Å². The lowest BCUT2D eigenvalue weighted by atomic mass is 9.83. The number of hydrogen-bond donors (Lipinski definition) is 1. The van der Waals surface area contributed by atoms with Crippen molar-refractivity contribution in [1.29, 1.82) is 0 Å². The number of halogens is 1. The first kappa shape index (κ1) is 18.3. The Bertz CT molecular complexity index is 447. The summed E-state index contributed by atoms with van der Waals surface area (Å²) in [6.07, 6.45) is 3.36. The highest BCUT2D eigenvalue weighted by atomic mass is 79.9. The van der Waals surface area contributed by atoms with Crippen molar-refractivity contribution in [3.8, 4) is 11.5 Å². The molecular weight excluding hydrogens is 330 g/mol. The number of aryl methyl sites for hydroxylation is 1. The second-order valence-electron chi connectivity index (χ2n) is 6.07. The van der Waals surface area contributed by atoms with Crippen LogP contribution in [0.5, 0.6) is 11.5 Å². The van der Waals surface area contributed by atoms with E-state index in [0.29, 0.717) is 5.41 Å². The van der Waals surface area contributed by atoms with Crippen LogP contribution in [0.1, 0.15) is 39.2 Å². The molecule has 0 aliphatic rings. The molecule has 0 saturated carbocycles. The lowest BCUT2D eigenvalue weighted by Gasteiger charge is -2.25. The van der Waals surface area contributed by atoms with Crippen molar-refractivity contribution in [1.82, 2.24) is 5.32 Å². The van der Waals surface area contributed by atoms with E-state index in [4.69, 9.17) is 9.47 Å². The zero-order valence-electron chi connectivity index (χ0n) is 13.9. The number of methoxy groups -OCH3 is 2. The van der Waals surface area contributed by atoms with Crippen LogP contribution < -0.4 is 14.8 Å². The Morgan fingerprint density at radius 1 is 1.10 bits per heavy atom. The Hall–Kier alpha value is -0.740. The van der Waals surface area contributed by atoms with Crippen molar-refractivity contribution in [2.45, 2.75) is 40.0 Å². The van der Waals surface area contributed by atoms with Gasteiger partial charge < -0.3 is 14.8 Å². The largest absolute Gasteiger partial charge is 0.493 e. The highest BCUT2D eigenvalue weighted by Crippen LogP contribution is 2.35. The minimum atomic E-state index is 0.328. The first-order valence-corrected chi connectivity index (χ1v) is 8.34. The molecule has 21 heavy (non-hydrogen) atoms. The summed E-state index contributed by atoms with van der Waals surface area (Å²) in [7, 11) is 3.34. The standard InChI is InChI=1S/C17H28BrNO2/c1-6-19-10-9-17(2,3)8-7-13-11-15(20-4)16(21-5)12-14(13)18/h11-12,19H,6-10H2,1-5H3. The van der Waals surface area contributed by atoms with E-state index in [2.05, 4.69) is 48.1 Å². The molecule has 0 fully saturated rings. The van der Waals surface area contributed by atoms with E-state index in [1.165, 1.54) is 12.0 Å². The maximum Gasteiger partial charge on any atom is 0.161 e. The average Bonchev–Trinajstić information content (AvgIpc) is 2.45. The van der Waals surface area contributed by atoms with Crippen molar-refractivity contribution in [2.24, 2.45) is 5.41 Å². The predicted molar refractivity (Wildman–Crippen MR) is 92.5 cm³/mol. The molecule has 0 amide bonds. The second-order valence-corrected chi connectivity index (χ2v) is 6.92. The van der Waals surface area contributed by atoms with Gasteiger partial charge in [0.25, 0.3) is 0 Å². The van der Waals surface area contributed by atoms with Crippen LogP contribution in [0.3, 0.4) is 0 Å². The molecule has 0 heterocycles. The summed E-state index contributed by atoms with van der Waals surface area (Å²) in [5.74, 6) is 1.56. The molecule has 3 nitrogen and oxygen atoms in total. The molecule has 0 aliphatic carbocycles. The fourth-order valence-corrected chi connectivity index (χ4v) is 2.81. The van der Waals surface area contributed by atoms with Crippen LogP contribution in [0.25, 0.3) is 0 Å². The quantitative estimate of drug-likeness (QED) is 0.663. The van der Waals surface area contributed by atoms with E-state index in [1.54, 1.807) is 14.2 Å². The van der Waals surface area contributed by atoms with Crippen LogP contribution in [0.2, 0.25) is 0 Å². The lowest BCUT2D eigenvalue weighted by molar-refractivity contribution is 0.302. The molecule has 0 radical (unpaired) electrons. The van der Waals surface area contributed by atoms with Gasteiger partial charge in [-0.1, -0.05) is 36.7 Å². The third-order valence-corrected chi connectivity index (χ3v) is 4.59. The van der Waals surface area contributed by atoms with Crippen LogP contribution in [-0.4, -0.2) is 27.3 Å². The minimum absolute atomic E-state index is 0.328. The second kappa shape index (κ2) is 8.64. The fraction of sp³-hybridized carbons (Fsp3) is 0.647. The van der Waals surface area contributed by atoms with Crippen LogP contribution in [-0.2, 0) is 6.42 Å². The smallest absolute Gasteiger partial charge is 0.161 e. The van der Waals surface area contributed by atoms with E-state index in [1.807, 2.05) is 6.07 Å². The molecule has 4 heteroatoms. The Labute approximate surface area is 137 Å². The molecule has 1 rings (SSSR count). The zero-order chi connectivity index (χ0) is 15.9. The highest BCUT2D eigenvalue weighted by Gasteiger charge is 2.18. The summed E-state index contributed by atoms with van der Waals surface area (Å²) in [6.45, 7) is 8.93. The summed E-state index contributed by atoms with van der Waals surface area (Å²) in [5, 5.41) is 3.40. The lowest BCUT2D eigenvalue weighted by Crippen LogP contribution is -2.22. The summed E-state index contributed by atoms with van der Waals surface area (Å²) >= 11 is 3.63. The summed E-state index contributed by atoms with van der Waals surface area (Å²) in [6, 6.07) is 4.06. The molecule has 0 saturated heterocycles. The van der Waals surface area contributed by atoms with Gasteiger partial charge in [0.2, 0.25) is 0 Å². The number of hydrogen-bond acceptors (Lipinski definition) is 3. The Morgan fingerprint density at radius 2 is 1.71 bits per heavy atom. The molecule has 0 spiro atoms. The van der Waals surface area contributed by atoms with Gasteiger partial charge in [-0.2, -0.15) is 0 Å². The third kappa shape index (κ3) is 5.87. The van der Waals surface area contributed by atoms with Gasteiger partial charge in [0, 0.05) is 4.47 Å². The number of rotatable bonds is 9. The van der Waals surface area contributed by atoms with Crippen molar-refractivity contribution in [2.75, 3.05) is 27.3 Å². The van der Waals surface area contributed by atoms with Crippen LogP contribution in [0.15, 0.2) is 16.6 Å². The molecule has 0 aliphatic heterocycles. The molecule has 1 aromatic rings. The van der Waals surface area contributed by atoms with Crippen molar-refractivity contribution in [3.05, 3.63) is 22.2 Å². The van der Waals surface area contributed by atoms with Crippen LogP contribution in [0, 0.1) is 5.41 Å². The van der Waals surface area contributed by atoms with Gasteiger partial charge in [0.15, 0.2) is 11.5 Å². The van der Waals surface area contributed by atoms with Gasteiger partial charge in [0.1, 0.15) is 0 Å². The molecule has 0 atom stereocenters. The van der Waals surface area contributed by atoms with Crippen LogP contribution >= 0.6 is 15.9 Å². The molecule has 0 unspecified atom stereocenters. The molecule has 0 bridgehead atoms. The first-order chi connectivity index (χ1) is 9.93. The van der Waals surface area contributed by atoms with Gasteiger partial charge in [-0.15, -0.1) is 0 Å². The van der Waals surface area contributed by atoms with Crippen LogP contribution in [0.4, 0.5) is 0 Å². The highest BCUT2D eigenvalue weighted by molar-refractivity contribution is 9.10. The maximum absolute atomic E-state index is 5.39. The zero-order valence-corrected chi connectivity index (χ0v) is 15.5. The van der Waals surface area contributed by atoms with E-state index >= 15 is 0 Å². The maximum atomic E-state index is 5.39. The van der Waals surface area contributed by atoms with Gasteiger partial charge in [-0.05, 0) is 55.5 Å². The summed E-state index contributed by atoms with van der Waals surface area (Å²) in [5.41, 5.74) is 1.60. The monoisotopic (exact) mass is 357 g/mol. The minimum Gasteiger partial charge on any atom is -0.493 e. The number of benzene rings is 1. The Morgan fingerprint density at radius 3 is 2.29 bits per heavy atom. The normalized spacial score (nSPS) is 11.5. The van der Waals surface area contributed by atoms with E-state index < -0.39 is 0 Å². The van der Waals surface area contributed by atoms with E-state index in [0.717, 1.165) is 41.9 Å². The van der Waals surface area contributed by atoms with E-state index in [9.17, 15) is 0 Å². The van der Waals surface area contributed by atoms with Crippen molar-refractivity contribution < 1.29 is 9.47 Å². The van der Waals surface area contributed by atoms with Gasteiger partial charge in [0.05, 0.1) is 14.2 Å². The SMILES string of the molecule is CCNCCC(C)(C)CCc1cc(OC)c(OC)cc1Br. The third-order valence-electron chi connectivity index (χ3n) is 3.85. The molecule has 120 valence electrons. The molecule has 1 N–H and O–H groups in total. The molecular formula is C17H28BrNO2. The average molecular weight is 358 g/mol. The van der Waals surface area contributed by atoms with E-state index in [-0.39, 0.29) is 0 Å². The fourth-order valence-electron chi connectivity index (χ4n) is 2.29. The van der Waals surface area contributed by atoms with Gasteiger partial charge >= 0.3 is 0 Å².